The van der Waals surface area contributed by atoms with E-state index in [4.69, 9.17) is 14.7 Å². The number of nitrogens with one attached hydrogen (secondary N) is 1. The topological polar surface area (TPSA) is 96.1 Å². The molecule has 0 saturated carbocycles. The number of benzene rings is 1. The van der Waals surface area contributed by atoms with Crippen LogP contribution in [0.1, 0.15) is 5.56 Å². The van der Waals surface area contributed by atoms with E-state index in [2.05, 4.69) is 15.3 Å². The zero-order chi connectivity index (χ0) is 15.5. The quantitative estimate of drug-likeness (QED) is 0.889. The predicted octanol–water partition coefficient (Wildman–Crippen LogP) is 0.812. The fourth-order valence-corrected chi connectivity index (χ4v) is 2.17. The predicted molar refractivity (Wildman–Crippen MR) is 79.2 cm³/mol. The number of fused-ring (bicyclic) bond motifs is 1. The molecule has 1 N–H and O–H groups in total. The number of hydrogen-bond acceptors (Lipinski definition) is 6. The smallest absolute Gasteiger partial charge is 0.272 e. The third-order valence-electron chi connectivity index (χ3n) is 3.18. The first kappa shape index (κ1) is 13.8. The van der Waals surface area contributed by atoms with Crippen molar-refractivity contribution in [3.63, 3.8) is 0 Å². The number of carbonyl (C=O) groups is 1. The maximum Gasteiger partial charge on any atom is 0.272 e. The molecule has 0 radical (unpaired) electrons. The van der Waals surface area contributed by atoms with Crippen LogP contribution in [0.5, 0.6) is 11.5 Å². The summed E-state index contributed by atoms with van der Waals surface area (Å²) < 4.78 is 10.6. The van der Waals surface area contributed by atoms with E-state index in [1.165, 1.54) is 7.11 Å². The van der Waals surface area contributed by atoms with E-state index in [9.17, 15) is 4.79 Å². The molecule has 110 valence electrons. The Bertz CT molecular complexity index is 771. The number of amidine groups is 1. The molecule has 0 saturated heterocycles. The minimum Gasteiger partial charge on any atom is -0.496 e. The van der Waals surface area contributed by atoms with Gasteiger partial charge >= 0.3 is 0 Å². The molecule has 2 heterocycles. The lowest BCUT2D eigenvalue weighted by atomic mass is 10.1. The molecule has 7 heteroatoms. The van der Waals surface area contributed by atoms with Crippen LogP contribution in [0.25, 0.3) is 0 Å². The Morgan fingerprint density at radius 2 is 2.27 bits per heavy atom. The Hall–Kier alpha value is -3.14. The van der Waals surface area contributed by atoms with Gasteiger partial charge in [0.1, 0.15) is 17.6 Å². The molecule has 1 aromatic rings. The maximum absolute atomic E-state index is 11.7. The Kier molecular flexibility index (Phi) is 3.58. The van der Waals surface area contributed by atoms with Gasteiger partial charge in [0, 0.05) is 12.6 Å². The van der Waals surface area contributed by atoms with Crippen molar-refractivity contribution < 1.29 is 14.3 Å². The summed E-state index contributed by atoms with van der Waals surface area (Å²) in [7, 11) is 1.52. The van der Waals surface area contributed by atoms with Crippen LogP contribution in [0.4, 0.5) is 0 Å². The summed E-state index contributed by atoms with van der Waals surface area (Å²) in [6.45, 7) is 0.404. The van der Waals surface area contributed by atoms with Crippen LogP contribution >= 0.6 is 0 Å². The first-order valence-corrected chi connectivity index (χ1v) is 6.57. The van der Waals surface area contributed by atoms with Gasteiger partial charge in [-0.05, 0) is 18.2 Å². The van der Waals surface area contributed by atoms with Gasteiger partial charge in [-0.15, -0.1) is 0 Å². The zero-order valence-corrected chi connectivity index (χ0v) is 11.8. The monoisotopic (exact) mass is 296 g/mol. The second kappa shape index (κ2) is 5.69. The lowest BCUT2D eigenvalue weighted by Gasteiger charge is -2.09. The first-order chi connectivity index (χ1) is 10.7. The van der Waals surface area contributed by atoms with Gasteiger partial charge in [-0.2, -0.15) is 5.26 Å². The van der Waals surface area contributed by atoms with Crippen molar-refractivity contribution in [2.75, 3.05) is 20.3 Å². The van der Waals surface area contributed by atoms with Gasteiger partial charge in [0.05, 0.1) is 18.4 Å². The minimum absolute atomic E-state index is 0.0429. The number of amides is 1. The zero-order valence-electron chi connectivity index (χ0n) is 11.8. The van der Waals surface area contributed by atoms with Gasteiger partial charge in [-0.25, -0.2) is 9.98 Å². The number of methoxy groups -OCH3 is 1. The van der Waals surface area contributed by atoms with Crippen molar-refractivity contribution in [3.05, 3.63) is 35.5 Å². The molecule has 1 aromatic carbocycles. The summed E-state index contributed by atoms with van der Waals surface area (Å²) in [5.74, 6) is 1.21. The number of rotatable bonds is 4. The van der Waals surface area contributed by atoms with E-state index in [1.807, 2.05) is 12.1 Å². The standard InChI is InChI=1S/C15H12N4O3/c1-21-12-8-9(22-7-5-16)2-3-10(12)14-18-11-4-6-17-15(20)13(11)19-14/h2-4,8H,6-7H2,1H3,(H,17,20). The number of carbonyl (C=O) groups excluding carboxylic acids is 1. The van der Waals surface area contributed by atoms with Crippen LogP contribution in [-0.4, -0.2) is 37.7 Å². The second-order valence-electron chi connectivity index (χ2n) is 4.50. The summed E-state index contributed by atoms with van der Waals surface area (Å²) in [6, 6.07) is 7.00. The van der Waals surface area contributed by atoms with E-state index >= 15 is 0 Å². The molecule has 0 spiro atoms. The van der Waals surface area contributed by atoms with E-state index in [-0.39, 0.29) is 12.5 Å². The molecule has 0 aliphatic carbocycles. The summed E-state index contributed by atoms with van der Waals surface area (Å²) in [5, 5.41) is 11.2. The molecule has 2 aliphatic rings. The molecule has 0 atom stereocenters. The van der Waals surface area contributed by atoms with Crippen molar-refractivity contribution >= 4 is 17.5 Å². The van der Waals surface area contributed by atoms with Crippen molar-refractivity contribution in [1.82, 2.24) is 5.32 Å². The molecule has 0 unspecified atom stereocenters. The Morgan fingerprint density at radius 1 is 1.41 bits per heavy atom. The van der Waals surface area contributed by atoms with E-state index < -0.39 is 0 Å². The van der Waals surface area contributed by atoms with Gasteiger partial charge in [0.25, 0.3) is 5.91 Å². The van der Waals surface area contributed by atoms with Crippen LogP contribution in [0.3, 0.4) is 0 Å². The molecule has 0 aromatic heterocycles. The second-order valence-corrected chi connectivity index (χ2v) is 4.50. The van der Waals surface area contributed by atoms with Gasteiger partial charge in [-0.3, -0.25) is 4.79 Å². The highest BCUT2D eigenvalue weighted by atomic mass is 16.5. The number of ether oxygens (including phenoxy) is 2. The average molecular weight is 296 g/mol. The van der Waals surface area contributed by atoms with Crippen LogP contribution in [0.15, 0.2) is 40.0 Å². The molecule has 3 rings (SSSR count). The highest BCUT2D eigenvalue weighted by Gasteiger charge is 2.27. The number of aliphatic imine (C=N–C) groups is 2. The van der Waals surface area contributed by atoms with Crippen LogP contribution in [-0.2, 0) is 4.79 Å². The van der Waals surface area contributed by atoms with Gasteiger partial charge in [-0.1, -0.05) is 0 Å². The van der Waals surface area contributed by atoms with Crippen molar-refractivity contribution in [1.29, 1.82) is 5.26 Å². The van der Waals surface area contributed by atoms with E-state index in [0.717, 1.165) is 0 Å². The lowest BCUT2D eigenvalue weighted by Crippen LogP contribution is -2.35. The third-order valence-corrected chi connectivity index (χ3v) is 3.18. The Morgan fingerprint density at radius 3 is 3.00 bits per heavy atom. The fraction of sp³-hybridized carbons (Fsp3) is 0.200. The molecular weight excluding hydrogens is 284 g/mol. The molecular formula is C15H12N4O3. The van der Waals surface area contributed by atoms with Crippen LogP contribution in [0.2, 0.25) is 0 Å². The lowest BCUT2D eigenvalue weighted by molar-refractivity contribution is -0.114. The van der Waals surface area contributed by atoms with E-state index in [0.29, 0.717) is 40.9 Å². The summed E-state index contributed by atoms with van der Waals surface area (Å²) >= 11 is 0. The maximum atomic E-state index is 11.7. The molecule has 0 bridgehead atoms. The largest absolute Gasteiger partial charge is 0.496 e. The summed E-state index contributed by atoms with van der Waals surface area (Å²) in [6.07, 6.45) is 1.81. The Balaban J connectivity index is 1.96. The van der Waals surface area contributed by atoms with Crippen LogP contribution in [0, 0.1) is 11.3 Å². The SMILES string of the molecule is COc1cc(OCC#N)ccc1C1=NC2=CCNC(=O)C2=N1. The third kappa shape index (κ3) is 2.42. The number of nitriles is 1. The minimum atomic E-state index is -0.232. The van der Waals surface area contributed by atoms with Crippen molar-refractivity contribution in [2.45, 2.75) is 0 Å². The summed E-state index contributed by atoms with van der Waals surface area (Å²) in [4.78, 5) is 20.4. The average Bonchev–Trinajstić information content (AvgIpc) is 2.98. The fourth-order valence-electron chi connectivity index (χ4n) is 2.17. The molecule has 7 nitrogen and oxygen atoms in total. The van der Waals surface area contributed by atoms with Gasteiger partial charge < -0.3 is 14.8 Å². The highest BCUT2D eigenvalue weighted by Crippen LogP contribution is 2.28. The van der Waals surface area contributed by atoms with Crippen LogP contribution < -0.4 is 14.8 Å². The van der Waals surface area contributed by atoms with Gasteiger partial charge in [0.2, 0.25) is 0 Å². The molecule has 0 fully saturated rings. The highest BCUT2D eigenvalue weighted by molar-refractivity contribution is 6.49. The normalized spacial score (nSPS) is 15.8. The first-order valence-electron chi connectivity index (χ1n) is 6.57. The molecule has 1 amide bonds. The summed E-state index contributed by atoms with van der Waals surface area (Å²) in [5.41, 5.74) is 1.54. The van der Waals surface area contributed by atoms with E-state index in [1.54, 1.807) is 18.2 Å². The van der Waals surface area contributed by atoms with Crippen molar-refractivity contribution in [3.8, 4) is 17.6 Å². The Labute approximate surface area is 126 Å². The van der Waals surface area contributed by atoms with Crippen molar-refractivity contribution in [2.24, 2.45) is 9.98 Å². The van der Waals surface area contributed by atoms with Gasteiger partial charge in [0.15, 0.2) is 18.2 Å². The molecule has 2 aliphatic heterocycles. The molecule has 22 heavy (non-hydrogen) atoms. The number of nitrogens with zero attached hydrogens (tertiary/aromatic N) is 3. The number of hydrogen-bond donors (Lipinski definition) is 1.